The molecule has 0 saturated carbocycles. The molecule has 7 nitrogen and oxygen atoms in total. The summed E-state index contributed by atoms with van der Waals surface area (Å²) in [5, 5.41) is 12.8. The zero-order chi connectivity index (χ0) is 22.6. The van der Waals surface area contributed by atoms with Crippen molar-refractivity contribution in [2.45, 2.75) is 26.3 Å². The van der Waals surface area contributed by atoms with Crippen LogP contribution < -0.4 is 5.32 Å². The number of hydrogen-bond donors (Lipinski definition) is 2. The van der Waals surface area contributed by atoms with E-state index in [0.29, 0.717) is 12.5 Å². The Bertz CT molecular complexity index is 1220. The maximum Gasteiger partial charge on any atom is 0.227 e. The molecule has 33 heavy (non-hydrogen) atoms. The second-order valence-corrected chi connectivity index (χ2v) is 8.35. The van der Waals surface area contributed by atoms with E-state index in [9.17, 15) is 5.11 Å². The number of anilines is 2. The maximum atomic E-state index is 9.39. The largest absolute Gasteiger partial charge is 0.395 e. The van der Waals surface area contributed by atoms with Gasteiger partial charge in [0, 0.05) is 61.8 Å². The summed E-state index contributed by atoms with van der Waals surface area (Å²) in [5.74, 6) is 1.58. The number of rotatable bonds is 7. The van der Waals surface area contributed by atoms with Gasteiger partial charge in [-0.3, -0.25) is 4.90 Å². The van der Waals surface area contributed by atoms with Gasteiger partial charge in [-0.1, -0.05) is 30.3 Å². The molecule has 2 N–H and O–H groups in total. The Hall–Kier alpha value is -3.55. The van der Waals surface area contributed by atoms with Gasteiger partial charge in [-0.05, 0) is 36.8 Å². The number of aromatic nitrogens is 4. The number of aliphatic hydroxyl groups excluding tert-OH is 1. The second-order valence-electron chi connectivity index (χ2n) is 8.35. The Labute approximate surface area is 193 Å². The summed E-state index contributed by atoms with van der Waals surface area (Å²) in [6.45, 7) is 4.50. The third-order valence-corrected chi connectivity index (χ3v) is 6.08. The van der Waals surface area contributed by atoms with Crippen molar-refractivity contribution in [3.63, 3.8) is 0 Å². The highest BCUT2D eigenvalue weighted by molar-refractivity contribution is 5.56. The van der Waals surface area contributed by atoms with Gasteiger partial charge in [-0.2, -0.15) is 0 Å². The third kappa shape index (κ3) is 4.79. The van der Waals surface area contributed by atoms with Crippen molar-refractivity contribution in [3.8, 4) is 5.69 Å². The van der Waals surface area contributed by atoms with Crippen LogP contribution in [0.2, 0.25) is 0 Å². The molecule has 1 aliphatic rings. The lowest BCUT2D eigenvalue weighted by molar-refractivity contribution is 0.183. The Balaban J connectivity index is 1.43. The van der Waals surface area contributed by atoms with Crippen LogP contribution >= 0.6 is 0 Å². The summed E-state index contributed by atoms with van der Waals surface area (Å²) >= 11 is 0. The monoisotopic (exact) mass is 440 g/mol. The molecule has 0 atom stereocenters. The first-order valence-electron chi connectivity index (χ1n) is 11.3. The average molecular weight is 441 g/mol. The van der Waals surface area contributed by atoms with Crippen LogP contribution in [-0.2, 0) is 19.4 Å². The van der Waals surface area contributed by atoms with E-state index in [1.165, 1.54) is 11.1 Å². The molecule has 3 heterocycles. The lowest BCUT2D eigenvalue weighted by Gasteiger charge is -2.29. The minimum Gasteiger partial charge on any atom is -0.395 e. The van der Waals surface area contributed by atoms with Crippen molar-refractivity contribution in [2.75, 3.05) is 25.0 Å². The zero-order valence-corrected chi connectivity index (χ0v) is 18.8. The van der Waals surface area contributed by atoms with Crippen LogP contribution in [-0.4, -0.2) is 49.2 Å². The Kier molecular flexibility index (Phi) is 6.15. The molecule has 168 valence electrons. The van der Waals surface area contributed by atoms with Crippen LogP contribution in [0.4, 0.5) is 11.6 Å². The lowest BCUT2D eigenvalue weighted by atomic mass is 9.99. The van der Waals surface area contributed by atoms with Crippen LogP contribution in [0, 0.1) is 6.92 Å². The van der Waals surface area contributed by atoms with Crippen molar-refractivity contribution in [3.05, 3.63) is 95.3 Å². The molecule has 2 aromatic carbocycles. The molecular weight excluding hydrogens is 412 g/mol. The number of nitrogens with one attached hydrogen (secondary N) is 1. The first kappa shape index (κ1) is 21.3. The number of hydrogen-bond acceptors (Lipinski definition) is 6. The molecule has 0 radical (unpaired) electrons. The highest BCUT2D eigenvalue weighted by Crippen LogP contribution is 2.25. The van der Waals surface area contributed by atoms with Crippen LogP contribution in [0.15, 0.2) is 67.0 Å². The Morgan fingerprint density at radius 1 is 1.03 bits per heavy atom. The van der Waals surface area contributed by atoms with Crippen LogP contribution in [0.5, 0.6) is 0 Å². The molecule has 0 unspecified atom stereocenters. The molecule has 7 heteroatoms. The quantitative estimate of drug-likeness (QED) is 0.457. The lowest BCUT2D eigenvalue weighted by Crippen LogP contribution is -2.34. The van der Waals surface area contributed by atoms with E-state index in [2.05, 4.69) is 56.2 Å². The number of aryl methyl sites for hydroxylation is 1. The van der Waals surface area contributed by atoms with Crippen LogP contribution in [0.25, 0.3) is 5.69 Å². The third-order valence-electron chi connectivity index (χ3n) is 6.08. The Morgan fingerprint density at radius 2 is 1.85 bits per heavy atom. The summed E-state index contributed by atoms with van der Waals surface area (Å²) in [7, 11) is 0. The van der Waals surface area contributed by atoms with Gasteiger partial charge in [0.25, 0.3) is 0 Å². The van der Waals surface area contributed by atoms with Crippen molar-refractivity contribution in [2.24, 2.45) is 0 Å². The number of fused-ring (bicyclic) bond motifs is 1. The summed E-state index contributed by atoms with van der Waals surface area (Å²) in [4.78, 5) is 16.4. The molecule has 0 saturated heterocycles. The number of aliphatic hydroxyl groups is 1. The van der Waals surface area contributed by atoms with Gasteiger partial charge in [0.05, 0.1) is 18.0 Å². The number of benzene rings is 2. The summed E-state index contributed by atoms with van der Waals surface area (Å²) in [6.07, 6.45) is 5.37. The SMILES string of the molecule is Cc1nccn1-c1ccc(Nc2nc3c(c(Cc4ccccc4)n2)CN(CCO)CC3)cc1. The van der Waals surface area contributed by atoms with Gasteiger partial charge in [-0.25, -0.2) is 15.0 Å². The van der Waals surface area contributed by atoms with Crippen molar-refractivity contribution < 1.29 is 5.11 Å². The highest BCUT2D eigenvalue weighted by atomic mass is 16.3. The summed E-state index contributed by atoms with van der Waals surface area (Å²) < 4.78 is 2.05. The van der Waals surface area contributed by atoms with E-state index >= 15 is 0 Å². The number of nitrogens with zero attached hydrogens (tertiary/aromatic N) is 5. The predicted molar refractivity (Wildman–Crippen MR) is 129 cm³/mol. The van der Waals surface area contributed by atoms with E-state index in [-0.39, 0.29) is 6.61 Å². The van der Waals surface area contributed by atoms with Gasteiger partial charge >= 0.3 is 0 Å². The molecule has 2 aromatic heterocycles. The molecule has 0 bridgehead atoms. The minimum absolute atomic E-state index is 0.165. The van der Waals surface area contributed by atoms with E-state index < -0.39 is 0 Å². The first-order valence-corrected chi connectivity index (χ1v) is 11.3. The van der Waals surface area contributed by atoms with Crippen LogP contribution in [0.3, 0.4) is 0 Å². The standard InChI is InChI=1S/C26H28N6O/c1-19-27-12-14-32(19)22-9-7-21(8-10-22)28-26-29-24-11-13-31(15-16-33)18-23(24)25(30-26)17-20-5-3-2-4-6-20/h2-10,12,14,33H,11,13,15-18H2,1H3,(H,28,29,30). The van der Waals surface area contributed by atoms with E-state index in [1.807, 2.05) is 31.3 Å². The average Bonchev–Trinajstić information content (AvgIpc) is 3.27. The van der Waals surface area contributed by atoms with Gasteiger partial charge in [-0.15, -0.1) is 0 Å². The van der Waals surface area contributed by atoms with Crippen molar-refractivity contribution in [1.82, 2.24) is 24.4 Å². The zero-order valence-electron chi connectivity index (χ0n) is 18.8. The topological polar surface area (TPSA) is 79.1 Å². The summed E-state index contributed by atoms with van der Waals surface area (Å²) in [6, 6.07) is 18.6. The van der Waals surface area contributed by atoms with E-state index in [4.69, 9.17) is 9.97 Å². The van der Waals surface area contributed by atoms with Gasteiger partial charge in [0.1, 0.15) is 5.82 Å². The van der Waals surface area contributed by atoms with Crippen molar-refractivity contribution >= 4 is 11.6 Å². The molecule has 0 amide bonds. The molecule has 5 rings (SSSR count). The molecule has 0 spiro atoms. The van der Waals surface area contributed by atoms with Gasteiger partial charge < -0.3 is 15.0 Å². The fourth-order valence-electron chi connectivity index (χ4n) is 4.35. The number of β-amino-alcohol motifs (C(OH)–C–C–N with tert-alkyl or cyclic N) is 1. The molecule has 1 aliphatic heterocycles. The second kappa shape index (κ2) is 9.52. The maximum absolute atomic E-state index is 9.39. The van der Waals surface area contributed by atoms with Gasteiger partial charge in [0.15, 0.2) is 0 Å². The normalized spacial score (nSPS) is 13.6. The predicted octanol–water partition coefficient (Wildman–Crippen LogP) is 3.66. The smallest absolute Gasteiger partial charge is 0.227 e. The van der Waals surface area contributed by atoms with Gasteiger partial charge in [0.2, 0.25) is 5.95 Å². The number of imidazole rings is 1. The fraction of sp³-hybridized carbons (Fsp3) is 0.269. The minimum atomic E-state index is 0.165. The molecular formula is C26H28N6O. The van der Waals surface area contributed by atoms with E-state index in [0.717, 1.165) is 54.5 Å². The van der Waals surface area contributed by atoms with Crippen molar-refractivity contribution in [1.29, 1.82) is 0 Å². The fourth-order valence-corrected chi connectivity index (χ4v) is 4.35. The van der Waals surface area contributed by atoms with Crippen LogP contribution in [0.1, 0.15) is 28.3 Å². The molecule has 0 aliphatic carbocycles. The summed E-state index contributed by atoms with van der Waals surface area (Å²) in [5.41, 5.74) is 6.56. The Morgan fingerprint density at radius 3 is 2.58 bits per heavy atom. The van der Waals surface area contributed by atoms with E-state index in [1.54, 1.807) is 6.20 Å². The highest BCUT2D eigenvalue weighted by Gasteiger charge is 2.22. The molecule has 4 aromatic rings. The molecule has 0 fully saturated rings. The first-order chi connectivity index (χ1) is 16.2.